The van der Waals surface area contributed by atoms with Crippen LogP contribution in [0.3, 0.4) is 0 Å². The third-order valence-corrected chi connectivity index (χ3v) is 3.60. The number of aromatic nitrogens is 1. The normalized spacial score (nSPS) is 11.4. The summed E-state index contributed by atoms with van der Waals surface area (Å²) < 4.78 is 0.720. The fraction of sp³-hybridized carbons (Fsp3) is 0.571. The second-order valence-electron chi connectivity index (χ2n) is 5.02. The number of carbonyl (C=O) groups is 1. The molecule has 0 aliphatic rings. The molecule has 0 aliphatic carbocycles. The predicted octanol–water partition coefficient (Wildman–Crippen LogP) is 2.69. The minimum atomic E-state index is -0.139. The van der Waals surface area contributed by atoms with E-state index < -0.39 is 0 Å². The number of carbonyl (C=O) groups excluding carboxylic acids is 1. The number of nitrogens with one attached hydrogen (secondary N) is 1. The first-order chi connectivity index (χ1) is 8.93. The smallest absolute Gasteiger partial charge is 0.271 e. The molecule has 0 saturated carbocycles. The molecule has 1 amide bonds. The van der Waals surface area contributed by atoms with Crippen molar-refractivity contribution in [3.05, 3.63) is 28.5 Å². The van der Waals surface area contributed by atoms with Crippen LogP contribution in [-0.4, -0.2) is 41.0 Å². The van der Waals surface area contributed by atoms with E-state index in [1.807, 2.05) is 6.07 Å². The number of hydrogen-bond acceptors (Lipinski definition) is 3. The molecule has 1 aromatic heterocycles. The van der Waals surface area contributed by atoms with E-state index >= 15 is 0 Å². The Morgan fingerprint density at radius 3 is 2.53 bits per heavy atom. The highest BCUT2D eigenvalue weighted by molar-refractivity contribution is 9.10. The molecule has 0 fully saturated rings. The van der Waals surface area contributed by atoms with Gasteiger partial charge in [-0.3, -0.25) is 9.69 Å². The zero-order chi connectivity index (χ0) is 14.4. The Labute approximate surface area is 123 Å². The van der Waals surface area contributed by atoms with E-state index in [2.05, 4.69) is 58.8 Å². The molecule has 106 valence electrons. The molecule has 0 radical (unpaired) electrons. The number of nitrogens with zero attached hydrogens (tertiary/aromatic N) is 2. The zero-order valence-electron chi connectivity index (χ0n) is 12.0. The van der Waals surface area contributed by atoms with Crippen LogP contribution in [-0.2, 0) is 0 Å². The first-order valence-electron chi connectivity index (χ1n) is 6.58. The number of amides is 1. The number of rotatable bonds is 6. The monoisotopic (exact) mass is 327 g/mol. The molecule has 0 spiro atoms. The molecular formula is C14H22BrN3O. The average molecular weight is 328 g/mol. The summed E-state index contributed by atoms with van der Waals surface area (Å²) in [7, 11) is 0. The SMILES string of the molecule is CC(C)N(CCNC(=O)c1ncccc1Br)C(C)C. The molecule has 1 aromatic rings. The molecule has 5 heteroatoms. The summed E-state index contributed by atoms with van der Waals surface area (Å²) in [5.74, 6) is -0.139. The summed E-state index contributed by atoms with van der Waals surface area (Å²) >= 11 is 3.33. The van der Waals surface area contributed by atoms with Gasteiger partial charge in [0.25, 0.3) is 5.91 Å². The minimum Gasteiger partial charge on any atom is -0.349 e. The van der Waals surface area contributed by atoms with Crippen LogP contribution < -0.4 is 5.32 Å². The van der Waals surface area contributed by atoms with Gasteiger partial charge in [0.2, 0.25) is 0 Å². The largest absolute Gasteiger partial charge is 0.349 e. The lowest BCUT2D eigenvalue weighted by atomic mass is 10.2. The Balaban J connectivity index is 2.49. The Hall–Kier alpha value is -0.940. The first kappa shape index (κ1) is 16.1. The summed E-state index contributed by atoms with van der Waals surface area (Å²) in [5.41, 5.74) is 0.433. The minimum absolute atomic E-state index is 0.139. The van der Waals surface area contributed by atoms with Crippen LogP contribution in [0.15, 0.2) is 22.8 Å². The quantitative estimate of drug-likeness (QED) is 0.873. The van der Waals surface area contributed by atoms with Crippen LogP contribution in [0.1, 0.15) is 38.2 Å². The lowest BCUT2D eigenvalue weighted by Crippen LogP contribution is -2.42. The summed E-state index contributed by atoms with van der Waals surface area (Å²) in [6, 6.07) is 4.55. The maximum Gasteiger partial charge on any atom is 0.271 e. The second-order valence-corrected chi connectivity index (χ2v) is 5.87. The van der Waals surface area contributed by atoms with Crippen molar-refractivity contribution < 1.29 is 4.79 Å². The molecule has 1 heterocycles. The molecule has 0 saturated heterocycles. The van der Waals surface area contributed by atoms with Crippen molar-refractivity contribution in [2.75, 3.05) is 13.1 Å². The van der Waals surface area contributed by atoms with Crippen molar-refractivity contribution in [3.63, 3.8) is 0 Å². The molecule has 0 bridgehead atoms. The standard InChI is InChI=1S/C14H22BrN3O/c1-10(2)18(11(3)4)9-8-17-14(19)13-12(15)6-5-7-16-13/h5-7,10-11H,8-9H2,1-4H3,(H,17,19). The summed E-state index contributed by atoms with van der Waals surface area (Å²) in [4.78, 5) is 18.4. The highest BCUT2D eigenvalue weighted by atomic mass is 79.9. The van der Waals surface area contributed by atoms with Crippen LogP contribution in [0.4, 0.5) is 0 Å². The van der Waals surface area contributed by atoms with Crippen LogP contribution in [0, 0.1) is 0 Å². The molecule has 4 nitrogen and oxygen atoms in total. The van der Waals surface area contributed by atoms with Gasteiger partial charge in [0.15, 0.2) is 0 Å². The fourth-order valence-electron chi connectivity index (χ4n) is 2.05. The van der Waals surface area contributed by atoms with Gasteiger partial charge in [0.1, 0.15) is 5.69 Å². The first-order valence-corrected chi connectivity index (χ1v) is 7.37. The van der Waals surface area contributed by atoms with Crippen LogP contribution >= 0.6 is 15.9 Å². The van der Waals surface area contributed by atoms with E-state index in [0.717, 1.165) is 11.0 Å². The van der Waals surface area contributed by atoms with E-state index in [1.54, 1.807) is 12.3 Å². The molecule has 0 aliphatic heterocycles. The van der Waals surface area contributed by atoms with Gasteiger partial charge >= 0.3 is 0 Å². The Morgan fingerprint density at radius 2 is 2.00 bits per heavy atom. The molecule has 0 atom stereocenters. The van der Waals surface area contributed by atoms with Gasteiger partial charge in [0.05, 0.1) is 0 Å². The van der Waals surface area contributed by atoms with Gasteiger partial charge in [-0.15, -0.1) is 0 Å². The van der Waals surface area contributed by atoms with Crippen molar-refractivity contribution in [1.82, 2.24) is 15.2 Å². The van der Waals surface area contributed by atoms with Crippen molar-refractivity contribution in [2.24, 2.45) is 0 Å². The zero-order valence-corrected chi connectivity index (χ0v) is 13.6. The third kappa shape index (κ3) is 4.91. The summed E-state index contributed by atoms with van der Waals surface area (Å²) in [6.45, 7) is 10.1. The van der Waals surface area contributed by atoms with E-state index in [-0.39, 0.29) is 5.91 Å². The predicted molar refractivity (Wildman–Crippen MR) is 81.2 cm³/mol. The van der Waals surface area contributed by atoms with Crippen LogP contribution in [0.25, 0.3) is 0 Å². The molecule has 19 heavy (non-hydrogen) atoms. The van der Waals surface area contributed by atoms with E-state index in [4.69, 9.17) is 0 Å². The van der Waals surface area contributed by atoms with Crippen LogP contribution in [0.2, 0.25) is 0 Å². The second kappa shape index (κ2) is 7.60. The fourth-order valence-corrected chi connectivity index (χ4v) is 2.48. The number of hydrogen-bond donors (Lipinski definition) is 1. The molecule has 0 unspecified atom stereocenters. The number of halogens is 1. The van der Waals surface area contributed by atoms with E-state index in [1.165, 1.54) is 0 Å². The van der Waals surface area contributed by atoms with Gasteiger partial charge in [-0.2, -0.15) is 0 Å². The van der Waals surface area contributed by atoms with Gasteiger partial charge < -0.3 is 5.32 Å². The number of pyridine rings is 1. The molecular weight excluding hydrogens is 306 g/mol. The third-order valence-electron chi connectivity index (χ3n) is 2.96. The Morgan fingerprint density at radius 1 is 1.37 bits per heavy atom. The highest BCUT2D eigenvalue weighted by Gasteiger charge is 2.14. The molecule has 1 N–H and O–H groups in total. The van der Waals surface area contributed by atoms with Gasteiger partial charge in [-0.1, -0.05) is 0 Å². The average Bonchev–Trinajstić information content (AvgIpc) is 2.33. The maximum absolute atomic E-state index is 12.0. The summed E-state index contributed by atoms with van der Waals surface area (Å²) in [6.07, 6.45) is 1.62. The van der Waals surface area contributed by atoms with Crippen molar-refractivity contribution in [2.45, 2.75) is 39.8 Å². The van der Waals surface area contributed by atoms with Crippen molar-refractivity contribution in [1.29, 1.82) is 0 Å². The Bertz CT molecular complexity index is 413. The van der Waals surface area contributed by atoms with Crippen molar-refractivity contribution >= 4 is 21.8 Å². The van der Waals surface area contributed by atoms with E-state index in [0.29, 0.717) is 24.3 Å². The van der Waals surface area contributed by atoms with Gasteiger partial charge in [0, 0.05) is 35.8 Å². The van der Waals surface area contributed by atoms with Gasteiger partial charge in [-0.05, 0) is 55.8 Å². The molecule has 1 rings (SSSR count). The topological polar surface area (TPSA) is 45.2 Å². The molecule has 0 aromatic carbocycles. The lowest BCUT2D eigenvalue weighted by molar-refractivity contribution is 0.0933. The van der Waals surface area contributed by atoms with Crippen LogP contribution in [0.5, 0.6) is 0 Å². The highest BCUT2D eigenvalue weighted by Crippen LogP contribution is 2.12. The van der Waals surface area contributed by atoms with Crippen molar-refractivity contribution in [3.8, 4) is 0 Å². The maximum atomic E-state index is 12.0. The van der Waals surface area contributed by atoms with Gasteiger partial charge in [-0.25, -0.2) is 4.98 Å². The summed E-state index contributed by atoms with van der Waals surface area (Å²) in [5, 5.41) is 2.91. The Kier molecular flexibility index (Phi) is 6.45. The van der Waals surface area contributed by atoms with E-state index in [9.17, 15) is 4.79 Å². The lowest BCUT2D eigenvalue weighted by Gasteiger charge is -2.30.